The molecule has 1 aromatic heterocycles. The predicted octanol–water partition coefficient (Wildman–Crippen LogP) is 3.20. The van der Waals surface area contributed by atoms with Crippen molar-refractivity contribution in [2.75, 3.05) is 13.7 Å². The van der Waals surface area contributed by atoms with Crippen molar-refractivity contribution in [3.8, 4) is 16.9 Å². The number of ether oxygens (including phenoxy) is 1. The zero-order valence-corrected chi connectivity index (χ0v) is 12.6. The van der Waals surface area contributed by atoms with Crippen LogP contribution < -0.4 is 10.1 Å². The fourth-order valence-corrected chi connectivity index (χ4v) is 3.16. The molecule has 0 fully saturated rings. The molecular weight excluding hydrogens is 295 g/mol. The topological polar surface area (TPSA) is 43.3 Å². The van der Waals surface area contributed by atoms with Gasteiger partial charge in [-0.1, -0.05) is 12.1 Å². The predicted molar refractivity (Wildman–Crippen MR) is 86.2 cm³/mol. The van der Waals surface area contributed by atoms with Gasteiger partial charge in [-0.25, -0.2) is 4.39 Å². The molecule has 1 aliphatic rings. The monoisotopic (exact) mass is 310 g/mol. The molecule has 2 heterocycles. The third-order valence-corrected chi connectivity index (χ3v) is 4.21. The number of rotatable bonds is 2. The molecular formula is C18H15FN2O2. The summed E-state index contributed by atoms with van der Waals surface area (Å²) in [5, 5.41) is 3.56. The van der Waals surface area contributed by atoms with Gasteiger partial charge in [-0.05, 0) is 35.9 Å². The number of fused-ring (bicyclic) bond motifs is 3. The Morgan fingerprint density at radius 1 is 1.17 bits per heavy atom. The minimum Gasteiger partial charge on any atom is -0.497 e. The summed E-state index contributed by atoms with van der Waals surface area (Å²) in [6.45, 7) is 1.26. The minimum absolute atomic E-state index is 0.117. The van der Waals surface area contributed by atoms with Crippen LogP contribution in [0.3, 0.4) is 0 Å². The van der Waals surface area contributed by atoms with Gasteiger partial charge in [0.05, 0.1) is 12.6 Å². The van der Waals surface area contributed by atoms with Gasteiger partial charge in [0, 0.05) is 24.0 Å². The molecule has 116 valence electrons. The molecule has 0 atom stereocenters. The third-order valence-electron chi connectivity index (χ3n) is 4.21. The summed E-state index contributed by atoms with van der Waals surface area (Å²) >= 11 is 0. The average molecular weight is 310 g/mol. The smallest absolute Gasteiger partial charge is 0.268 e. The number of carbonyl (C=O) groups excluding carboxylic acids is 1. The molecule has 0 saturated carbocycles. The van der Waals surface area contributed by atoms with Gasteiger partial charge < -0.3 is 14.6 Å². The number of nitrogens with one attached hydrogen (secondary N) is 1. The molecule has 23 heavy (non-hydrogen) atoms. The number of amides is 1. The number of halogens is 1. The number of hydrogen-bond acceptors (Lipinski definition) is 2. The second-order valence-corrected chi connectivity index (χ2v) is 5.56. The van der Waals surface area contributed by atoms with E-state index < -0.39 is 0 Å². The van der Waals surface area contributed by atoms with Crippen molar-refractivity contribution in [1.82, 2.24) is 9.88 Å². The van der Waals surface area contributed by atoms with Gasteiger partial charge in [-0.2, -0.15) is 0 Å². The molecule has 4 rings (SSSR count). The Morgan fingerprint density at radius 3 is 2.70 bits per heavy atom. The fraction of sp³-hybridized carbons (Fsp3) is 0.167. The van der Waals surface area contributed by atoms with Gasteiger partial charge in [0.1, 0.15) is 17.3 Å². The fourth-order valence-electron chi connectivity index (χ4n) is 3.16. The zero-order chi connectivity index (χ0) is 16.0. The van der Waals surface area contributed by atoms with Crippen LogP contribution in [-0.2, 0) is 6.54 Å². The van der Waals surface area contributed by atoms with Gasteiger partial charge in [-0.15, -0.1) is 0 Å². The summed E-state index contributed by atoms with van der Waals surface area (Å²) < 4.78 is 21.2. The van der Waals surface area contributed by atoms with E-state index in [1.54, 1.807) is 13.2 Å². The van der Waals surface area contributed by atoms with Crippen LogP contribution in [0.5, 0.6) is 5.75 Å². The van der Waals surface area contributed by atoms with E-state index in [1.165, 1.54) is 12.1 Å². The zero-order valence-electron chi connectivity index (χ0n) is 12.6. The molecule has 0 unspecified atom stereocenters. The van der Waals surface area contributed by atoms with Crippen molar-refractivity contribution in [3.63, 3.8) is 0 Å². The number of benzene rings is 2. The maximum atomic E-state index is 14.1. The number of nitrogens with zero attached hydrogens (tertiary/aromatic N) is 1. The third kappa shape index (κ3) is 2.16. The molecule has 0 bridgehead atoms. The molecule has 3 aromatic rings. The first-order chi connectivity index (χ1) is 11.2. The Bertz CT molecular complexity index is 913. The Hall–Kier alpha value is -2.82. The highest BCUT2D eigenvalue weighted by Crippen LogP contribution is 2.33. The number of hydrogen-bond donors (Lipinski definition) is 1. The molecule has 1 aliphatic heterocycles. The van der Waals surface area contributed by atoms with Crippen molar-refractivity contribution in [2.24, 2.45) is 0 Å². The van der Waals surface area contributed by atoms with Gasteiger partial charge in [-0.3, -0.25) is 4.79 Å². The normalized spacial score (nSPS) is 13.7. The quantitative estimate of drug-likeness (QED) is 0.790. The lowest BCUT2D eigenvalue weighted by molar-refractivity contribution is 0.0929. The van der Waals surface area contributed by atoms with Crippen LogP contribution in [0, 0.1) is 5.82 Å². The van der Waals surface area contributed by atoms with Gasteiger partial charge >= 0.3 is 0 Å². The van der Waals surface area contributed by atoms with Crippen molar-refractivity contribution < 1.29 is 13.9 Å². The number of methoxy groups -OCH3 is 1. The van der Waals surface area contributed by atoms with Crippen molar-refractivity contribution in [2.45, 2.75) is 6.54 Å². The SMILES string of the molecule is COc1ccc(-c2cc(F)cc3cc4n(c23)CCNC4=O)cc1. The standard InChI is InChI=1S/C18H15FN2O2/c1-23-14-4-2-11(3-5-14)15-10-13(19)8-12-9-16-18(22)20-6-7-21(16)17(12)15/h2-5,8-10H,6-7H2,1H3,(H,20,22). The Balaban J connectivity index is 1.99. The summed E-state index contributed by atoms with van der Waals surface area (Å²) in [6.07, 6.45) is 0. The highest BCUT2D eigenvalue weighted by Gasteiger charge is 2.22. The maximum Gasteiger partial charge on any atom is 0.268 e. The van der Waals surface area contributed by atoms with Crippen LogP contribution in [0.2, 0.25) is 0 Å². The van der Waals surface area contributed by atoms with Crippen LogP contribution in [-0.4, -0.2) is 24.1 Å². The van der Waals surface area contributed by atoms with Crippen molar-refractivity contribution in [1.29, 1.82) is 0 Å². The number of aromatic nitrogens is 1. The van der Waals surface area contributed by atoms with E-state index in [9.17, 15) is 9.18 Å². The van der Waals surface area contributed by atoms with E-state index in [0.717, 1.165) is 27.8 Å². The van der Waals surface area contributed by atoms with Crippen LogP contribution in [0.1, 0.15) is 10.5 Å². The lowest BCUT2D eigenvalue weighted by atomic mass is 10.0. The summed E-state index contributed by atoms with van der Waals surface area (Å²) in [7, 11) is 1.61. The van der Waals surface area contributed by atoms with Gasteiger partial charge in [0.2, 0.25) is 0 Å². The highest BCUT2D eigenvalue weighted by molar-refractivity contribution is 6.03. The summed E-state index contributed by atoms with van der Waals surface area (Å²) in [5.74, 6) is 0.318. The molecule has 0 spiro atoms. The Morgan fingerprint density at radius 2 is 1.96 bits per heavy atom. The first kappa shape index (κ1) is 13.8. The molecule has 1 amide bonds. The van der Waals surface area contributed by atoms with Crippen LogP contribution in [0.4, 0.5) is 4.39 Å². The second-order valence-electron chi connectivity index (χ2n) is 5.56. The number of carbonyl (C=O) groups is 1. The van der Waals surface area contributed by atoms with Crippen LogP contribution in [0.25, 0.3) is 22.0 Å². The van der Waals surface area contributed by atoms with Crippen molar-refractivity contribution >= 4 is 16.8 Å². The molecule has 4 nitrogen and oxygen atoms in total. The summed E-state index contributed by atoms with van der Waals surface area (Å²) in [4.78, 5) is 12.0. The lowest BCUT2D eigenvalue weighted by Gasteiger charge is -2.18. The molecule has 0 radical (unpaired) electrons. The Kier molecular flexibility index (Phi) is 3.08. The molecule has 0 saturated heterocycles. The largest absolute Gasteiger partial charge is 0.497 e. The Labute approximate surface area is 132 Å². The molecule has 5 heteroatoms. The second kappa shape index (κ2) is 5.12. The van der Waals surface area contributed by atoms with E-state index in [1.807, 2.05) is 28.8 Å². The molecule has 2 aromatic carbocycles. The van der Waals surface area contributed by atoms with E-state index in [2.05, 4.69) is 5.32 Å². The van der Waals surface area contributed by atoms with Gasteiger partial charge in [0.15, 0.2) is 0 Å². The summed E-state index contributed by atoms with van der Waals surface area (Å²) in [6, 6.07) is 12.2. The highest BCUT2D eigenvalue weighted by atomic mass is 19.1. The van der Waals surface area contributed by atoms with E-state index in [-0.39, 0.29) is 11.7 Å². The van der Waals surface area contributed by atoms with E-state index in [4.69, 9.17) is 4.74 Å². The molecule has 0 aliphatic carbocycles. The van der Waals surface area contributed by atoms with E-state index in [0.29, 0.717) is 18.8 Å². The first-order valence-electron chi connectivity index (χ1n) is 7.43. The van der Waals surface area contributed by atoms with E-state index >= 15 is 0 Å². The van der Waals surface area contributed by atoms with Crippen LogP contribution in [0.15, 0.2) is 42.5 Å². The van der Waals surface area contributed by atoms with Gasteiger partial charge in [0.25, 0.3) is 5.91 Å². The maximum absolute atomic E-state index is 14.1. The first-order valence-corrected chi connectivity index (χ1v) is 7.43. The van der Waals surface area contributed by atoms with Crippen molar-refractivity contribution in [3.05, 3.63) is 54.0 Å². The summed E-state index contributed by atoms with van der Waals surface area (Å²) in [5.41, 5.74) is 3.14. The minimum atomic E-state index is -0.313. The average Bonchev–Trinajstić information content (AvgIpc) is 2.94. The lowest BCUT2D eigenvalue weighted by Crippen LogP contribution is -2.34. The van der Waals surface area contributed by atoms with Crippen LogP contribution >= 0.6 is 0 Å². The molecule has 1 N–H and O–H groups in total.